The van der Waals surface area contributed by atoms with Crippen molar-refractivity contribution < 1.29 is 4.79 Å². The fourth-order valence-electron chi connectivity index (χ4n) is 2.63. The highest BCUT2D eigenvalue weighted by Gasteiger charge is 2.22. The molecule has 0 radical (unpaired) electrons. The Morgan fingerprint density at radius 1 is 1.61 bits per heavy atom. The fraction of sp³-hybridized carbons (Fsp3) is 0.643. The van der Waals surface area contributed by atoms with Crippen molar-refractivity contribution in [3.8, 4) is 0 Å². The SMILES string of the molecule is CCCN1CC[C@@H](CNC(=O)c2cc[nH]c2C)C1. The van der Waals surface area contributed by atoms with Gasteiger partial charge in [0.2, 0.25) is 0 Å². The number of likely N-dealkylation sites (tertiary alicyclic amines) is 1. The van der Waals surface area contributed by atoms with Gasteiger partial charge in [0.25, 0.3) is 5.91 Å². The third kappa shape index (κ3) is 3.13. The van der Waals surface area contributed by atoms with Gasteiger partial charge < -0.3 is 15.2 Å². The standard InChI is InChI=1S/C14H23N3O/c1-3-7-17-8-5-12(10-17)9-16-14(18)13-4-6-15-11(13)2/h4,6,12,15H,3,5,7-10H2,1-2H3,(H,16,18)/t12-/m0/s1. The summed E-state index contributed by atoms with van der Waals surface area (Å²) in [6, 6.07) is 1.84. The Morgan fingerprint density at radius 3 is 3.11 bits per heavy atom. The van der Waals surface area contributed by atoms with E-state index in [0.29, 0.717) is 5.92 Å². The number of aromatic amines is 1. The van der Waals surface area contributed by atoms with Gasteiger partial charge in [0, 0.05) is 25.0 Å². The van der Waals surface area contributed by atoms with Gasteiger partial charge in [-0.3, -0.25) is 4.79 Å². The van der Waals surface area contributed by atoms with Crippen LogP contribution in [-0.4, -0.2) is 42.0 Å². The number of amides is 1. The van der Waals surface area contributed by atoms with Crippen LogP contribution in [0.1, 0.15) is 35.8 Å². The molecule has 100 valence electrons. The van der Waals surface area contributed by atoms with E-state index in [1.54, 1.807) is 0 Å². The van der Waals surface area contributed by atoms with Crippen LogP contribution in [0.3, 0.4) is 0 Å². The molecule has 4 nitrogen and oxygen atoms in total. The molecule has 2 N–H and O–H groups in total. The van der Waals surface area contributed by atoms with E-state index >= 15 is 0 Å². The summed E-state index contributed by atoms with van der Waals surface area (Å²) in [4.78, 5) is 17.5. The van der Waals surface area contributed by atoms with Gasteiger partial charge in [0.1, 0.15) is 0 Å². The second kappa shape index (κ2) is 6.05. The van der Waals surface area contributed by atoms with Gasteiger partial charge in [-0.2, -0.15) is 0 Å². The van der Waals surface area contributed by atoms with Gasteiger partial charge in [-0.15, -0.1) is 0 Å². The molecule has 1 aliphatic heterocycles. The van der Waals surface area contributed by atoms with Crippen molar-refractivity contribution in [2.24, 2.45) is 5.92 Å². The van der Waals surface area contributed by atoms with E-state index in [1.807, 2.05) is 19.2 Å². The van der Waals surface area contributed by atoms with Gasteiger partial charge in [-0.05, 0) is 44.8 Å². The molecule has 1 fully saturated rings. The van der Waals surface area contributed by atoms with Gasteiger partial charge in [-0.1, -0.05) is 6.92 Å². The maximum Gasteiger partial charge on any atom is 0.253 e. The van der Waals surface area contributed by atoms with Gasteiger partial charge in [0.15, 0.2) is 0 Å². The summed E-state index contributed by atoms with van der Waals surface area (Å²) in [7, 11) is 0. The monoisotopic (exact) mass is 249 g/mol. The van der Waals surface area contributed by atoms with Crippen LogP contribution in [0, 0.1) is 12.8 Å². The predicted octanol–water partition coefficient (Wildman–Crippen LogP) is 1.78. The zero-order valence-electron chi connectivity index (χ0n) is 11.3. The number of hydrogen-bond acceptors (Lipinski definition) is 2. The van der Waals surface area contributed by atoms with E-state index in [-0.39, 0.29) is 5.91 Å². The fourth-order valence-corrected chi connectivity index (χ4v) is 2.63. The Labute approximate surface area is 109 Å². The molecule has 1 atom stereocenters. The number of aryl methyl sites for hydroxylation is 1. The van der Waals surface area contributed by atoms with Crippen molar-refractivity contribution in [3.05, 3.63) is 23.5 Å². The van der Waals surface area contributed by atoms with Crippen LogP contribution < -0.4 is 5.32 Å². The molecule has 0 bridgehead atoms. The molecule has 2 rings (SSSR count). The summed E-state index contributed by atoms with van der Waals surface area (Å²) in [5.41, 5.74) is 1.70. The normalized spacial score (nSPS) is 20.2. The van der Waals surface area contributed by atoms with Crippen molar-refractivity contribution in [2.45, 2.75) is 26.7 Å². The largest absolute Gasteiger partial charge is 0.365 e. The zero-order chi connectivity index (χ0) is 13.0. The average molecular weight is 249 g/mol. The lowest BCUT2D eigenvalue weighted by Crippen LogP contribution is -2.31. The summed E-state index contributed by atoms with van der Waals surface area (Å²) in [5, 5.41) is 3.04. The number of nitrogens with zero attached hydrogens (tertiary/aromatic N) is 1. The van der Waals surface area contributed by atoms with Crippen LogP contribution in [0.15, 0.2) is 12.3 Å². The quantitative estimate of drug-likeness (QED) is 0.835. The summed E-state index contributed by atoms with van der Waals surface area (Å²) in [6.45, 7) is 8.42. The Balaban J connectivity index is 1.76. The number of rotatable bonds is 5. The topological polar surface area (TPSA) is 48.1 Å². The first-order valence-electron chi connectivity index (χ1n) is 6.85. The van der Waals surface area contributed by atoms with Crippen LogP contribution >= 0.6 is 0 Å². The maximum absolute atomic E-state index is 11.9. The van der Waals surface area contributed by atoms with Crippen molar-refractivity contribution in [1.29, 1.82) is 0 Å². The lowest BCUT2D eigenvalue weighted by molar-refractivity contribution is 0.0947. The smallest absolute Gasteiger partial charge is 0.253 e. The molecule has 1 aromatic rings. The van der Waals surface area contributed by atoms with Gasteiger partial charge >= 0.3 is 0 Å². The van der Waals surface area contributed by atoms with Crippen LogP contribution in [-0.2, 0) is 0 Å². The molecule has 0 aromatic carbocycles. The summed E-state index contributed by atoms with van der Waals surface area (Å²) in [6.07, 6.45) is 4.22. The Morgan fingerprint density at radius 2 is 2.44 bits per heavy atom. The Hall–Kier alpha value is -1.29. The summed E-state index contributed by atoms with van der Waals surface area (Å²) in [5.74, 6) is 0.655. The lowest BCUT2D eigenvalue weighted by atomic mass is 10.1. The average Bonchev–Trinajstić information content (AvgIpc) is 2.96. The van der Waals surface area contributed by atoms with Crippen molar-refractivity contribution in [3.63, 3.8) is 0 Å². The van der Waals surface area contributed by atoms with Crippen molar-refractivity contribution in [1.82, 2.24) is 15.2 Å². The number of hydrogen-bond donors (Lipinski definition) is 2. The molecule has 0 unspecified atom stereocenters. The van der Waals surface area contributed by atoms with Crippen molar-refractivity contribution in [2.75, 3.05) is 26.2 Å². The van der Waals surface area contributed by atoms with Crippen LogP contribution in [0.5, 0.6) is 0 Å². The summed E-state index contributed by atoms with van der Waals surface area (Å²) < 4.78 is 0. The van der Waals surface area contributed by atoms with E-state index in [9.17, 15) is 4.79 Å². The second-order valence-electron chi connectivity index (χ2n) is 5.18. The molecule has 0 spiro atoms. The minimum absolute atomic E-state index is 0.0442. The molecule has 18 heavy (non-hydrogen) atoms. The van der Waals surface area contributed by atoms with E-state index in [2.05, 4.69) is 22.1 Å². The minimum Gasteiger partial charge on any atom is -0.365 e. The number of nitrogens with one attached hydrogen (secondary N) is 2. The molecule has 1 saturated heterocycles. The maximum atomic E-state index is 11.9. The first-order valence-corrected chi connectivity index (χ1v) is 6.85. The summed E-state index contributed by atoms with van der Waals surface area (Å²) >= 11 is 0. The van der Waals surface area contributed by atoms with Crippen LogP contribution in [0.2, 0.25) is 0 Å². The van der Waals surface area contributed by atoms with E-state index in [1.165, 1.54) is 25.9 Å². The molecule has 1 aliphatic rings. The number of carbonyl (C=O) groups excluding carboxylic acids is 1. The van der Waals surface area contributed by atoms with E-state index < -0.39 is 0 Å². The number of H-pyrrole nitrogens is 1. The molecule has 1 amide bonds. The number of aromatic nitrogens is 1. The molecule has 2 heterocycles. The molecule has 0 saturated carbocycles. The zero-order valence-corrected chi connectivity index (χ0v) is 11.3. The molecule has 4 heteroatoms. The first kappa shape index (κ1) is 13.1. The third-order valence-electron chi connectivity index (χ3n) is 3.66. The van der Waals surface area contributed by atoms with Crippen molar-refractivity contribution >= 4 is 5.91 Å². The molecule has 0 aliphatic carbocycles. The highest BCUT2D eigenvalue weighted by atomic mass is 16.1. The lowest BCUT2D eigenvalue weighted by Gasteiger charge is -2.15. The third-order valence-corrected chi connectivity index (χ3v) is 3.66. The Kier molecular flexibility index (Phi) is 4.42. The predicted molar refractivity (Wildman–Crippen MR) is 72.7 cm³/mol. The van der Waals surface area contributed by atoms with E-state index in [0.717, 1.165) is 24.3 Å². The van der Waals surface area contributed by atoms with Gasteiger partial charge in [-0.25, -0.2) is 0 Å². The second-order valence-corrected chi connectivity index (χ2v) is 5.18. The van der Waals surface area contributed by atoms with Gasteiger partial charge in [0.05, 0.1) is 5.56 Å². The Bertz CT molecular complexity index is 399. The molecule has 1 aromatic heterocycles. The minimum atomic E-state index is 0.0442. The molecular formula is C14H23N3O. The van der Waals surface area contributed by atoms with Crippen LogP contribution in [0.25, 0.3) is 0 Å². The highest BCUT2D eigenvalue weighted by molar-refractivity contribution is 5.95. The molecular weight excluding hydrogens is 226 g/mol. The number of carbonyl (C=O) groups is 1. The van der Waals surface area contributed by atoms with Crippen LogP contribution in [0.4, 0.5) is 0 Å². The van der Waals surface area contributed by atoms with E-state index in [4.69, 9.17) is 0 Å². The first-order chi connectivity index (χ1) is 8.70. The highest BCUT2D eigenvalue weighted by Crippen LogP contribution is 2.15.